The van der Waals surface area contributed by atoms with E-state index >= 15 is 0 Å². The standard InChI is InChI=1S/C20H23N3O2/c1-14-13-23(19(14)16-8-5-4-6-9-16)20(25)21-17-10-7-11-18(12-17)22(3)15(2)24/h4-12,14,19H,13H2,1-3H3,(H,21,25). The van der Waals surface area contributed by atoms with Crippen LogP contribution in [0.4, 0.5) is 16.2 Å². The van der Waals surface area contributed by atoms with Crippen molar-refractivity contribution in [3.8, 4) is 0 Å². The summed E-state index contributed by atoms with van der Waals surface area (Å²) in [7, 11) is 1.71. The average molecular weight is 337 g/mol. The van der Waals surface area contributed by atoms with E-state index in [1.165, 1.54) is 6.92 Å². The van der Waals surface area contributed by atoms with Crippen LogP contribution >= 0.6 is 0 Å². The Morgan fingerprint density at radius 1 is 1.12 bits per heavy atom. The van der Waals surface area contributed by atoms with Gasteiger partial charge in [-0.2, -0.15) is 0 Å². The van der Waals surface area contributed by atoms with E-state index in [-0.39, 0.29) is 18.0 Å². The fraction of sp³-hybridized carbons (Fsp3) is 0.300. The molecule has 2 unspecified atom stereocenters. The van der Waals surface area contributed by atoms with Crippen LogP contribution in [0.5, 0.6) is 0 Å². The molecule has 0 spiro atoms. The number of nitrogens with one attached hydrogen (secondary N) is 1. The molecule has 1 aliphatic rings. The lowest BCUT2D eigenvalue weighted by atomic mass is 9.85. The van der Waals surface area contributed by atoms with Gasteiger partial charge in [0.2, 0.25) is 5.91 Å². The van der Waals surface area contributed by atoms with E-state index in [1.54, 1.807) is 18.0 Å². The summed E-state index contributed by atoms with van der Waals surface area (Å²) in [4.78, 5) is 27.6. The quantitative estimate of drug-likeness (QED) is 0.924. The average Bonchev–Trinajstić information content (AvgIpc) is 2.59. The van der Waals surface area contributed by atoms with E-state index in [0.717, 1.165) is 17.8 Å². The number of anilines is 2. The van der Waals surface area contributed by atoms with E-state index < -0.39 is 0 Å². The molecule has 2 aromatic rings. The summed E-state index contributed by atoms with van der Waals surface area (Å²) in [5.41, 5.74) is 2.59. The Hall–Kier alpha value is -2.82. The molecular formula is C20H23N3O2. The zero-order valence-electron chi connectivity index (χ0n) is 14.8. The highest BCUT2D eigenvalue weighted by Crippen LogP contribution is 2.38. The minimum Gasteiger partial charge on any atom is -0.317 e. The summed E-state index contributed by atoms with van der Waals surface area (Å²) in [6.45, 7) is 4.40. The lowest BCUT2D eigenvalue weighted by Crippen LogP contribution is -2.53. The van der Waals surface area contributed by atoms with Gasteiger partial charge in [-0.05, 0) is 29.7 Å². The van der Waals surface area contributed by atoms with E-state index in [9.17, 15) is 9.59 Å². The van der Waals surface area contributed by atoms with E-state index in [1.807, 2.05) is 41.3 Å². The minimum absolute atomic E-state index is 0.0517. The van der Waals surface area contributed by atoms with Crippen molar-refractivity contribution in [1.29, 1.82) is 0 Å². The van der Waals surface area contributed by atoms with Crippen molar-refractivity contribution in [3.63, 3.8) is 0 Å². The molecule has 2 atom stereocenters. The van der Waals surface area contributed by atoms with Gasteiger partial charge in [-0.25, -0.2) is 4.79 Å². The van der Waals surface area contributed by atoms with Crippen LogP contribution < -0.4 is 10.2 Å². The second kappa shape index (κ2) is 6.97. The molecule has 0 bridgehead atoms. The first-order valence-electron chi connectivity index (χ1n) is 8.44. The normalized spacial score (nSPS) is 19.1. The highest BCUT2D eigenvalue weighted by atomic mass is 16.2. The first-order chi connectivity index (χ1) is 12.0. The third-order valence-electron chi connectivity index (χ3n) is 4.72. The maximum atomic E-state index is 12.7. The molecule has 5 nitrogen and oxygen atoms in total. The SMILES string of the molecule is CC(=O)N(C)c1cccc(NC(=O)N2CC(C)C2c2ccccc2)c1. The molecule has 1 N–H and O–H groups in total. The summed E-state index contributed by atoms with van der Waals surface area (Å²) in [5, 5.41) is 2.95. The van der Waals surface area contributed by atoms with Crippen molar-refractivity contribution >= 4 is 23.3 Å². The summed E-state index contributed by atoms with van der Waals surface area (Å²) in [6, 6.07) is 17.4. The Balaban J connectivity index is 1.72. The number of nitrogens with zero attached hydrogens (tertiary/aromatic N) is 2. The van der Waals surface area contributed by atoms with Gasteiger partial charge in [0.1, 0.15) is 0 Å². The number of carbonyl (C=O) groups is 2. The molecule has 1 saturated heterocycles. The van der Waals surface area contributed by atoms with Crippen LogP contribution in [0.3, 0.4) is 0 Å². The summed E-state index contributed by atoms with van der Waals surface area (Å²) in [6.07, 6.45) is 0. The van der Waals surface area contributed by atoms with Gasteiger partial charge in [-0.1, -0.05) is 43.3 Å². The Bertz CT molecular complexity index is 776. The summed E-state index contributed by atoms with van der Waals surface area (Å²) < 4.78 is 0. The number of amides is 3. The van der Waals surface area contributed by atoms with Crippen molar-refractivity contribution in [3.05, 3.63) is 60.2 Å². The first kappa shape index (κ1) is 17.0. The van der Waals surface area contributed by atoms with Crippen molar-refractivity contribution in [2.45, 2.75) is 19.9 Å². The molecule has 2 aromatic carbocycles. The molecule has 25 heavy (non-hydrogen) atoms. The predicted octanol–water partition coefficient (Wildman–Crippen LogP) is 3.89. The molecule has 1 aliphatic heterocycles. The number of carbonyl (C=O) groups excluding carboxylic acids is 2. The molecule has 130 valence electrons. The van der Waals surface area contributed by atoms with Crippen LogP contribution in [0.15, 0.2) is 54.6 Å². The van der Waals surface area contributed by atoms with E-state index in [2.05, 4.69) is 24.4 Å². The lowest BCUT2D eigenvalue weighted by Gasteiger charge is -2.46. The van der Waals surface area contributed by atoms with Gasteiger partial charge in [0.25, 0.3) is 0 Å². The van der Waals surface area contributed by atoms with Crippen LogP contribution in [-0.4, -0.2) is 30.4 Å². The first-order valence-corrected chi connectivity index (χ1v) is 8.44. The summed E-state index contributed by atoms with van der Waals surface area (Å²) in [5.74, 6) is 0.382. The van der Waals surface area contributed by atoms with Gasteiger partial charge in [0.05, 0.1) is 6.04 Å². The number of hydrogen-bond acceptors (Lipinski definition) is 2. The number of rotatable bonds is 3. The number of benzene rings is 2. The molecule has 1 fully saturated rings. The highest BCUT2D eigenvalue weighted by molar-refractivity contribution is 5.94. The van der Waals surface area contributed by atoms with Crippen molar-refractivity contribution in [2.24, 2.45) is 5.92 Å². The number of likely N-dealkylation sites (tertiary alicyclic amines) is 1. The van der Waals surface area contributed by atoms with Gasteiger partial charge in [0.15, 0.2) is 0 Å². The monoisotopic (exact) mass is 337 g/mol. The largest absolute Gasteiger partial charge is 0.322 e. The number of hydrogen-bond donors (Lipinski definition) is 1. The zero-order chi connectivity index (χ0) is 18.0. The van der Waals surface area contributed by atoms with E-state index in [0.29, 0.717) is 11.6 Å². The Labute approximate surface area is 148 Å². The minimum atomic E-state index is -0.116. The highest BCUT2D eigenvalue weighted by Gasteiger charge is 2.39. The zero-order valence-corrected chi connectivity index (χ0v) is 14.8. The lowest BCUT2D eigenvalue weighted by molar-refractivity contribution is -0.116. The van der Waals surface area contributed by atoms with Crippen LogP contribution in [0.2, 0.25) is 0 Å². The van der Waals surface area contributed by atoms with Gasteiger partial charge >= 0.3 is 6.03 Å². The second-order valence-electron chi connectivity index (χ2n) is 6.54. The molecular weight excluding hydrogens is 314 g/mol. The molecule has 0 saturated carbocycles. The molecule has 0 aliphatic carbocycles. The fourth-order valence-corrected chi connectivity index (χ4v) is 3.23. The van der Waals surface area contributed by atoms with Gasteiger partial charge in [0, 0.05) is 31.9 Å². The summed E-state index contributed by atoms with van der Waals surface area (Å²) >= 11 is 0. The molecule has 1 heterocycles. The topological polar surface area (TPSA) is 52.7 Å². The predicted molar refractivity (Wildman–Crippen MR) is 99.6 cm³/mol. The second-order valence-corrected chi connectivity index (χ2v) is 6.54. The van der Waals surface area contributed by atoms with Crippen LogP contribution in [-0.2, 0) is 4.79 Å². The molecule has 5 heteroatoms. The third-order valence-corrected chi connectivity index (χ3v) is 4.72. The van der Waals surface area contributed by atoms with Crippen LogP contribution in [0, 0.1) is 5.92 Å². The third kappa shape index (κ3) is 3.50. The Morgan fingerprint density at radius 2 is 1.84 bits per heavy atom. The molecule has 0 radical (unpaired) electrons. The number of urea groups is 1. The smallest absolute Gasteiger partial charge is 0.317 e. The van der Waals surface area contributed by atoms with Crippen molar-refractivity contribution < 1.29 is 9.59 Å². The van der Waals surface area contributed by atoms with Gasteiger partial charge in [-0.3, -0.25) is 4.79 Å². The van der Waals surface area contributed by atoms with Crippen molar-refractivity contribution in [2.75, 3.05) is 23.8 Å². The maximum absolute atomic E-state index is 12.7. The van der Waals surface area contributed by atoms with Gasteiger partial charge in [-0.15, -0.1) is 0 Å². The van der Waals surface area contributed by atoms with Crippen LogP contribution in [0.1, 0.15) is 25.5 Å². The van der Waals surface area contributed by atoms with Crippen molar-refractivity contribution in [1.82, 2.24) is 4.90 Å². The Kier molecular flexibility index (Phi) is 4.74. The van der Waals surface area contributed by atoms with E-state index in [4.69, 9.17) is 0 Å². The fourth-order valence-electron chi connectivity index (χ4n) is 3.23. The van der Waals surface area contributed by atoms with Crippen LogP contribution in [0.25, 0.3) is 0 Å². The molecule has 3 amide bonds. The maximum Gasteiger partial charge on any atom is 0.322 e. The molecule has 3 rings (SSSR count). The Morgan fingerprint density at radius 3 is 2.48 bits per heavy atom. The molecule has 0 aromatic heterocycles. The van der Waals surface area contributed by atoms with Gasteiger partial charge < -0.3 is 15.1 Å².